The van der Waals surface area contributed by atoms with Gasteiger partial charge in [-0.2, -0.15) is 0 Å². The zero-order valence-electron chi connectivity index (χ0n) is 15.3. The highest BCUT2D eigenvalue weighted by Gasteiger charge is 2.23. The molecule has 5 nitrogen and oxygen atoms in total. The summed E-state index contributed by atoms with van der Waals surface area (Å²) < 4.78 is 10.7. The number of nitrogens with one attached hydrogen (secondary N) is 1. The number of ether oxygens (including phenoxy) is 2. The molecule has 1 aromatic carbocycles. The third kappa shape index (κ3) is 7.22. The first-order valence-electron chi connectivity index (χ1n) is 8.96. The van der Waals surface area contributed by atoms with Gasteiger partial charge in [-0.05, 0) is 50.0 Å². The van der Waals surface area contributed by atoms with E-state index in [2.05, 4.69) is 12.2 Å². The third-order valence-electron chi connectivity index (χ3n) is 4.43. The Morgan fingerprint density at radius 1 is 1.28 bits per heavy atom. The van der Waals surface area contributed by atoms with Crippen molar-refractivity contribution in [2.24, 2.45) is 5.92 Å². The molecule has 1 amide bonds. The van der Waals surface area contributed by atoms with Gasteiger partial charge in [0, 0.05) is 38.8 Å². The van der Waals surface area contributed by atoms with Crippen LogP contribution in [0.2, 0.25) is 0 Å². The Morgan fingerprint density at radius 3 is 2.72 bits per heavy atom. The van der Waals surface area contributed by atoms with Gasteiger partial charge in [-0.25, -0.2) is 0 Å². The molecular formula is C19H31ClN2O3. The van der Waals surface area contributed by atoms with Gasteiger partial charge in [0.15, 0.2) is 0 Å². The normalized spacial score (nSPS) is 14.9. The predicted molar refractivity (Wildman–Crippen MR) is 103 cm³/mol. The molecule has 0 bridgehead atoms. The van der Waals surface area contributed by atoms with Crippen LogP contribution >= 0.6 is 12.4 Å². The van der Waals surface area contributed by atoms with Crippen molar-refractivity contribution in [2.75, 3.05) is 46.5 Å². The summed E-state index contributed by atoms with van der Waals surface area (Å²) in [7, 11) is 1.68. The van der Waals surface area contributed by atoms with Crippen LogP contribution in [0.1, 0.15) is 36.5 Å². The van der Waals surface area contributed by atoms with Gasteiger partial charge in [-0.3, -0.25) is 4.79 Å². The average molecular weight is 371 g/mol. The third-order valence-corrected chi connectivity index (χ3v) is 4.43. The van der Waals surface area contributed by atoms with E-state index < -0.39 is 0 Å². The molecule has 0 saturated carbocycles. The van der Waals surface area contributed by atoms with Gasteiger partial charge in [0.25, 0.3) is 5.91 Å². The summed E-state index contributed by atoms with van der Waals surface area (Å²) in [4.78, 5) is 14.6. The van der Waals surface area contributed by atoms with E-state index in [1.54, 1.807) is 7.11 Å². The van der Waals surface area contributed by atoms with Crippen LogP contribution < -0.4 is 10.1 Å². The molecule has 142 valence electrons. The van der Waals surface area contributed by atoms with E-state index in [-0.39, 0.29) is 18.3 Å². The Balaban J connectivity index is 0.00000312. The molecule has 1 aliphatic rings. The largest absolute Gasteiger partial charge is 0.493 e. The van der Waals surface area contributed by atoms with Crippen molar-refractivity contribution < 1.29 is 14.3 Å². The summed E-state index contributed by atoms with van der Waals surface area (Å²) in [5.74, 6) is 1.54. The van der Waals surface area contributed by atoms with E-state index in [4.69, 9.17) is 9.47 Å². The van der Waals surface area contributed by atoms with Gasteiger partial charge in [-0.15, -0.1) is 12.4 Å². The minimum absolute atomic E-state index is 0. The Hall–Kier alpha value is -1.30. The van der Waals surface area contributed by atoms with E-state index in [1.165, 1.54) is 0 Å². The molecule has 1 aliphatic heterocycles. The molecule has 1 N–H and O–H groups in total. The fourth-order valence-electron chi connectivity index (χ4n) is 2.98. The number of halogens is 1. The molecule has 0 aliphatic carbocycles. The summed E-state index contributed by atoms with van der Waals surface area (Å²) in [6, 6.07) is 7.50. The van der Waals surface area contributed by atoms with Crippen molar-refractivity contribution in [3.05, 3.63) is 29.8 Å². The highest BCUT2D eigenvalue weighted by Crippen LogP contribution is 2.20. The van der Waals surface area contributed by atoms with Gasteiger partial charge >= 0.3 is 0 Å². The molecule has 0 atom stereocenters. The lowest BCUT2D eigenvalue weighted by Gasteiger charge is -2.32. The van der Waals surface area contributed by atoms with Crippen LogP contribution in [0.3, 0.4) is 0 Å². The lowest BCUT2D eigenvalue weighted by Crippen LogP contribution is -2.40. The van der Waals surface area contributed by atoms with E-state index >= 15 is 0 Å². The first-order valence-corrected chi connectivity index (χ1v) is 8.96. The maximum absolute atomic E-state index is 12.7. The van der Waals surface area contributed by atoms with Crippen molar-refractivity contribution in [2.45, 2.75) is 26.2 Å². The second kappa shape index (κ2) is 12.1. The second-order valence-electron chi connectivity index (χ2n) is 6.27. The van der Waals surface area contributed by atoms with Crippen molar-refractivity contribution in [3.8, 4) is 5.75 Å². The summed E-state index contributed by atoms with van der Waals surface area (Å²) in [6.45, 7) is 7.16. The monoisotopic (exact) mass is 370 g/mol. The lowest BCUT2D eigenvalue weighted by atomic mass is 9.96. The van der Waals surface area contributed by atoms with Crippen LogP contribution in [0.5, 0.6) is 5.75 Å². The molecule has 1 saturated heterocycles. The van der Waals surface area contributed by atoms with E-state index in [0.717, 1.165) is 51.2 Å². The number of rotatable bonds is 9. The summed E-state index contributed by atoms with van der Waals surface area (Å²) in [6.07, 6.45) is 2.99. The van der Waals surface area contributed by atoms with Crippen LogP contribution in [0.15, 0.2) is 24.3 Å². The minimum Gasteiger partial charge on any atom is -0.493 e. The number of piperidine rings is 1. The number of hydrogen-bond donors (Lipinski definition) is 1. The molecule has 6 heteroatoms. The quantitative estimate of drug-likeness (QED) is 0.679. The van der Waals surface area contributed by atoms with Crippen LogP contribution in [0.25, 0.3) is 0 Å². The fourth-order valence-corrected chi connectivity index (χ4v) is 2.98. The first kappa shape index (κ1) is 21.7. The molecule has 1 heterocycles. The number of amides is 1. The SMILES string of the molecule is CCNCC1CCN(C(=O)c2cccc(OCCCOC)c2)CC1.Cl. The maximum atomic E-state index is 12.7. The number of likely N-dealkylation sites (tertiary alicyclic amines) is 1. The summed E-state index contributed by atoms with van der Waals surface area (Å²) >= 11 is 0. The fraction of sp³-hybridized carbons (Fsp3) is 0.632. The van der Waals surface area contributed by atoms with E-state index in [0.29, 0.717) is 24.7 Å². The van der Waals surface area contributed by atoms with Gasteiger partial charge < -0.3 is 19.7 Å². The molecule has 0 spiro atoms. The number of benzene rings is 1. The molecule has 0 radical (unpaired) electrons. The van der Waals surface area contributed by atoms with Gasteiger partial charge in [-0.1, -0.05) is 13.0 Å². The molecule has 0 aromatic heterocycles. The van der Waals surface area contributed by atoms with Crippen LogP contribution in [-0.2, 0) is 4.74 Å². The Morgan fingerprint density at radius 2 is 2.04 bits per heavy atom. The number of hydrogen-bond acceptors (Lipinski definition) is 4. The average Bonchev–Trinajstić information content (AvgIpc) is 2.64. The summed E-state index contributed by atoms with van der Waals surface area (Å²) in [5.41, 5.74) is 0.712. The van der Waals surface area contributed by atoms with E-state index in [9.17, 15) is 4.79 Å². The zero-order valence-corrected chi connectivity index (χ0v) is 16.1. The highest BCUT2D eigenvalue weighted by atomic mass is 35.5. The molecule has 25 heavy (non-hydrogen) atoms. The van der Waals surface area contributed by atoms with Crippen LogP contribution in [-0.4, -0.2) is 57.3 Å². The van der Waals surface area contributed by atoms with Gasteiger partial charge in [0.2, 0.25) is 0 Å². The topological polar surface area (TPSA) is 50.8 Å². The standard InChI is InChI=1S/C19H30N2O3.ClH/c1-3-20-15-16-8-10-21(11-9-16)19(22)17-6-4-7-18(14-17)24-13-5-12-23-2;/h4,6-7,14,16,20H,3,5,8-13,15H2,1-2H3;1H. The second-order valence-corrected chi connectivity index (χ2v) is 6.27. The number of carbonyl (C=O) groups is 1. The molecule has 1 fully saturated rings. The Bertz CT molecular complexity index is 505. The predicted octanol–water partition coefficient (Wildman–Crippen LogP) is 2.99. The van der Waals surface area contributed by atoms with Crippen LogP contribution in [0, 0.1) is 5.92 Å². The Labute approximate surface area is 157 Å². The first-order chi connectivity index (χ1) is 11.7. The highest BCUT2D eigenvalue weighted by molar-refractivity contribution is 5.94. The maximum Gasteiger partial charge on any atom is 0.253 e. The van der Waals surface area contributed by atoms with Crippen molar-refractivity contribution >= 4 is 18.3 Å². The van der Waals surface area contributed by atoms with E-state index in [1.807, 2.05) is 29.2 Å². The number of methoxy groups -OCH3 is 1. The smallest absolute Gasteiger partial charge is 0.253 e. The van der Waals surface area contributed by atoms with Crippen molar-refractivity contribution in [3.63, 3.8) is 0 Å². The zero-order chi connectivity index (χ0) is 17.2. The molecule has 1 aromatic rings. The van der Waals surface area contributed by atoms with Gasteiger partial charge in [0.1, 0.15) is 5.75 Å². The summed E-state index contributed by atoms with van der Waals surface area (Å²) in [5, 5.41) is 3.40. The van der Waals surface area contributed by atoms with Crippen molar-refractivity contribution in [1.82, 2.24) is 10.2 Å². The number of nitrogens with zero attached hydrogens (tertiary/aromatic N) is 1. The van der Waals surface area contributed by atoms with Crippen molar-refractivity contribution in [1.29, 1.82) is 0 Å². The van der Waals surface area contributed by atoms with Gasteiger partial charge in [0.05, 0.1) is 6.61 Å². The lowest BCUT2D eigenvalue weighted by molar-refractivity contribution is 0.0689. The molecule has 2 rings (SSSR count). The number of carbonyl (C=O) groups excluding carboxylic acids is 1. The van der Waals surface area contributed by atoms with Crippen LogP contribution in [0.4, 0.5) is 0 Å². The molecule has 0 unspecified atom stereocenters. The Kier molecular flexibility index (Phi) is 10.5. The minimum atomic E-state index is 0. The molecular weight excluding hydrogens is 340 g/mol.